The molecule has 4 rings (SSSR count). The highest BCUT2D eigenvalue weighted by Gasteiger charge is 2.37. The number of benzene rings is 2. The molecule has 0 radical (unpaired) electrons. The minimum absolute atomic E-state index is 0.0469. The van der Waals surface area contributed by atoms with E-state index < -0.39 is 15.9 Å². The van der Waals surface area contributed by atoms with Crippen molar-refractivity contribution in [3.63, 3.8) is 0 Å². The van der Waals surface area contributed by atoms with Gasteiger partial charge in [-0.3, -0.25) is 9.59 Å². The highest BCUT2D eigenvalue weighted by Crippen LogP contribution is 2.34. The van der Waals surface area contributed by atoms with Crippen LogP contribution >= 0.6 is 23.2 Å². The van der Waals surface area contributed by atoms with E-state index in [4.69, 9.17) is 23.2 Å². The number of rotatable bonds is 3. The normalized spacial score (nSPS) is 19.9. The molecule has 0 aliphatic carbocycles. The maximum Gasteiger partial charge on any atom is 0.244 e. The van der Waals surface area contributed by atoms with E-state index in [0.717, 1.165) is 5.56 Å². The van der Waals surface area contributed by atoms with Crippen LogP contribution < -0.4 is 5.32 Å². The quantitative estimate of drug-likeness (QED) is 0.751. The smallest absolute Gasteiger partial charge is 0.244 e. The minimum Gasteiger partial charge on any atom is -0.340 e. The molecule has 1 fully saturated rings. The number of sulfonamides is 1. The van der Waals surface area contributed by atoms with Crippen molar-refractivity contribution in [3.8, 4) is 0 Å². The fourth-order valence-corrected chi connectivity index (χ4v) is 5.97. The second-order valence-corrected chi connectivity index (χ2v) is 9.95. The molecule has 10 heteroatoms. The second kappa shape index (κ2) is 8.19. The first-order chi connectivity index (χ1) is 14.3. The zero-order chi connectivity index (χ0) is 21.5. The molecule has 2 amide bonds. The van der Waals surface area contributed by atoms with E-state index in [2.05, 4.69) is 5.32 Å². The van der Waals surface area contributed by atoms with E-state index in [0.29, 0.717) is 5.69 Å². The Morgan fingerprint density at radius 2 is 1.73 bits per heavy atom. The highest BCUT2D eigenvalue weighted by molar-refractivity contribution is 7.89. The third-order valence-electron chi connectivity index (χ3n) is 5.36. The summed E-state index contributed by atoms with van der Waals surface area (Å²) >= 11 is 12.0. The molecule has 0 bridgehead atoms. The van der Waals surface area contributed by atoms with Crippen molar-refractivity contribution >= 4 is 50.7 Å². The number of amides is 2. The van der Waals surface area contributed by atoms with Gasteiger partial charge < -0.3 is 10.2 Å². The molecule has 2 aliphatic rings. The summed E-state index contributed by atoms with van der Waals surface area (Å²) in [7, 11) is -3.83. The lowest BCUT2D eigenvalue weighted by Crippen LogP contribution is -2.52. The van der Waals surface area contributed by atoms with Crippen LogP contribution in [0.25, 0.3) is 0 Å². The van der Waals surface area contributed by atoms with Crippen molar-refractivity contribution in [1.29, 1.82) is 0 Å². The fraction of sp³-hybridized carbons (Fsp3) is 0.300. The number of nitrogens with zero attached hydrogens (tertiary/aromatic N) is 2. The predicted octanol–water partition coefficient (Wildman–Crippen LogP) is 2.95. The molecule has 2 aromatic carbocycles. The lowest BCUT2D eigenvalue weighted by atomic mass is 9.89. The summed E-state index contributed by atoms with van der Waals surface area (Å²) in [4.78, 5) is 26.7. The lowest BCUT2D eigenvalue weighted by Gasteiger charge is -2.37. The number of carbonyl (C=O) groups excluding carboxylic acids is 2. The molecule has 30 heavy (non-hydrogen) atoms. The monoisotopic (exact) mass is 467 g/mol. The predicted molar refractivity (Wildman–Crippen MR) is 114 cm³/mol. The standard InChI is InChI=1S/C20H19Cl2N3O4S/c21-13-5-6-16(22)18(11-13)30(28,29)25-9-7-24(8-10-25)20(27)15-12-19(26)23-17-4-2-1-3-14(15)17/h1-6,11,15H,7-10,12H2,(H,23,26)/t15-/m1/s1. The van der Waals surface area contributed by atoms with Gasteiger partial charge in [0.15, 0.2) is 0 Å². The van der Waals surface area contributed by atoms with Gasteiger partial charge >= 0.3 is 0 Å². The number of fused-ring (bicyclic) bond motifs is 1. The number of piperazine rings is 1. The van der Waals surface area contributed by atoms with Gasteiger partial charge in [0, 0.05) is 43.3 Å². The first kappa shape index (κ1) is 21.1. The largest absolute Gasteiger partial charge is 0.340 e. The Hall–Kier alpha value is -2.13. The van der Waals surface area contributed by atoms with Gasteiger partial charge in [0.25, 0.3) is 0 Å². The number of carbonyl (C=O) groups is 2. The number of anilines is 1. The molecule has 0 unspecified atom stereocenters. The van der Waals surface area contributed by atoms with Gasteiger partial charge in [0.1, 0.15) is 4.90 Å². The summed E-state index contributed by atoms with van der Waals surface area (Å²) < 4.78 is 27.2. The van der Waals surface area contributed by atoms with Crippen LogP contribution in [-0.4, -0.2) is 55.6 Å². The van der Waals surface area contributed by atoms with E-state index in [1.165, 1.54) is 22.5 Å². The molecule has 2 heterocycles. The van der Waals surface area contributed by atoms with Crippen molar-refractivity contribution in [3.05, 3.63) is 58.1 Å². The fourth-order valence-electron chi connectivity index (χ4n) is 3.81. The van der Waals surface area contributed by atoms with Gasteiger partial charge in [-0.05, 0) is 29.8 Å². The SMILES string of the molecule is O=C1C[C@@H](C(=O)N2CCN(S(=O)(=O)c3cc(Cl)ccc3Cl)CC2)c2ccccc2N1. The summed E-state index contributed by atoms with van der Waals surface area (Å²) in [6.07, 6.45) is 0.0759. The van der Waals surface area contributed by atoms with Crippen molar-refractivity contribution in [2.75, 3.05) is 31.5 Å². The van der Waals surface area contributed by atoms with Crippen LogP contribution in [0.1, 0.15) is 17.9 Å². The maximum atomic E-state index is 13.1. The van der Waals surface area contributed by atoms with Gasteiger partial charge in [-0.25, -0.2) is 8.42 Å². The molecule has 7 nitrogen and oxygen atoms in total. The van der Waals surface area contributed by atoms with Crippen molar-refractivity contribution in [2.45, 2.75) is 17.2 Å². The third-order valence-corrected chi connectivity index (χ3v) is 7.97. The van der Waals surface area contributed by atoms with Gasteiger partial charge in [0.05, 0.1) is 10.9 Å². The van der Waals surface area contributed by atoms with E-state index >= 15 is 0 Å². The molecule has 0 aromatic heterocycles. The second-order valence-electron chi connectivity index (χ2n) is 7.20. The molecule has 2 aromatic rings. The van der Waals surface area contributed by atoms with Crippen molar-refractivity contribution in [2.24, 2.45) is 0 Å². The summed E-state index contributed by atoms with van der Waals surface area (Å²) in [5.74, 6) is -0.945. The van der Waals surface area contributed by atoms with Crippen LogP contribution in [0.3, 0.4) is 0 Å². The summed E-state index contributed by atoms with van der Waals surface area (Å²) in [5, 5.41) is 3.16. The number of halogens is 2. The molecule has 2 aliphatic heterocycles. The topological polar surface area (TPSA) is 86.8 Å². The van der Waals surface area contributed by atoms with Crippen LogP contribution in [0.15, 0.2) is 47.4 Å². The van der Waals surface area contributed by atoms with Crippen LogP contribution in [-0.2, 0) is 19.6 Å². The summed E-state index contributed by atoms with van der Waals surface area (Å²) in [5.41, 5.74) is 1.42. The lowest BCUT2D eigenvalue weighted by molar-refractivity contribution is -0.136. The van der Waals surface area contributed by atoms with Crippen molar-refractivity contribution in [1.82, 2.24) is 9.21 Å². The van der Waals surface area contributed by atoms with Gasteiger partial charge in [0.2, 0.25) is 21.8 Å². The molecule has 1 atom stereocenters. The van der Waals surface area contributed by atoms with Crippen LogP contribution in [0.5, 0.6) is 0 Å². The first-order valence-corrected chi connectivity index (χ1v) is 11.6. The Balaban J connectivity index is 1.49. The molecular formula is C20H19Cl2N3O4S. The number of para-hydroxylation sites is 1. The Bertz CT molecular complexity index is 1110. The summed E-state index contributed by atoms with van der Waals surface area (Å²) in [6.45, 7) is 0.738. The zero-order valence-corrected chi connectivity index (χ0v) is 18.2. The van der Waals surface area contributed by atoms with Crippen molar-refractivity contribution < 1.29 is 18.0 Å². The molecule has 1 N–H and O–H groups in total. The van der Waals surface area contributed by atoms with Gasteiger partial charge in [-0.2, -0.15) is 4.31 Å². The first-order valence-electron chi connectivity index (χ1n) is 9.40. The number of hydrogen-bond donors (Lipinski definition) is 1. The Labute approximate surface area is 184 Å². The van der Waals surface area contributed by atoms with E-state index in [-0.39, 0.29) is 59.4 Å². The molecule has 0 saturated carbocycles. The Morgan fingerprint density at radius 1 is 1.03 bits per heavy atom. The highest BCUT2D eigenvalue weighted by atomic mass is 35.5. The van der Waals surface area contributed by atoms with Crippen LogP contribution in [0, 0.1) is 0 Å². The van der Waals surface area contributed by atoms with E-state index in [1.54, 1.807) is 17.0 Å². The van der Waals surface area contributed by atoms with Crippen LogP contribution in [0.2, 0.25) is 10.0 Å². The number of nitrogens with one attached hydrogen (secondary N) is 1. The van der Waals surface area contributed by atoms with E-state index in [1.807, 2.05) is 12.1 Å². The molecule has 0 spiro atoms. The molecular weight excluding hydrogens is 449 g/mol. The van der Waals surface area contributed by atoms with Gasteiger partial charge in [-0.1, -0.05) is 41.4 Å². The summed E-state index contributed by atoms with van der Waals surface area (Å²) in [6, 6.07) is 11.5. The number of hydrogen-bond acceptors (Lipinski definition) is 4. The average molecular weight is 468 g/mol. The average Bonchev–Trinajstić information content (AvgIpc) is 2.74. The third kappa shape index (κ3) is 3.92. The van der Waals surface area contributed by atoms with Gasteiger partial charge in [-0.15, -0.1) is 0 Å². The molecule has 158 valence electrons. The Kier molecular flexibility index (Phi) is 5.76. The zero-order valence-electron chi connectivity index (χ0n) is 15.8. The van der Waals surface area contributed by atoms with Crippen LogP contribution in [0.4, 0.5) is 5.69 Å². The minimum atomic E-state index is -3.83. The molecule has 1 saturated heterocycles. The van der Waals surface area contributed by atoms with E-state index in [9.17, 15) is 18.0 Å². The maximum absolute atomic E-state index is 13.1. The Morgan fingerprint density at radius 3 is 2.47 bits per heavy atom.